The van der Waals surface area contributed by atoms with Crippen LogP contribution in [0.1, 0.15) is 30.6 Å². The van der Waals surface area contributed by atoms with Gasteiger partial charge >= 0.3 is 0 Å². The van der Waals surface area contributed by atoms with Gasteiger partial charge in [-0.15, -0.1) is 0 Å². The molecule has 0 saturated carbocycles. The van der Waals surface area contributed by atoms with E-state index in [2.05, 4.69) is 18.7 Å². The Hall–Kier alpha value is -0.570. The van der Waals surface area contributed by atoms with E-state index >= 15 is 0 Å². The average Bonchev–Trinajstić information content (AvgIpc) is 2.29. The van der Waals surface area contributed by atoms with Crippen molar-refractivity contribution in [3.05, 3.63) is 33.8 Å². The van der Waals surface area contributed by atoms with Gasteiger partial charge in [-0.05, 0) is 25.1 Å². The Bertz CT molecular complexity index is 418. The first-order chi connectivity index (χ1) is 8.41. The van der Waals surface area contributed by atoms with Crippen LogP contribution in [0.5, 0.6) is 0 Å². The quantitative estimate of drug-likeness (QED) is 0.733. The van der Waals surface area contributed by atoms with Gasteiger partial charge in [-0.25, -0.2) is 0 Å². The van der Waals surface area contributed by atoms with Crippen LogP contribution < -0.4 is 0 Å². The van der Waals surface area contributed by atoms with Crippen molar-refractivity contribution < 1.29 is 4.79 Å². The Morgan fingerprint density at radius 3 is 2.61 bits per heavy atom. The number of ketones is 1. The van der Waals surface area contributed by atoms with E-state index in [0.717, 1.165) is 13.1 Å². The van der Waals surface area contributed by atoms with Crippen molar-refractivity contribution in [1.82, 2.24) is 4.90 Å². The highest BCUT2D eigenvalue weighted by Gasteiger charge is 2.13. The summed E-state index contributed by atoms with van der Waals surface area (Å²) in [5.41, 5.74) is 0.516. The number of Topliss-reactive ketones (excluding diaryl/α,β-unsaturated/α-hetero) is 1. The first kappa shape index (κ1) is 15.5. The van der Waals surface area contributed by atoms with Crippen LogP contribution in [0, 0.1) is 5.92 Å². The summed E-state index contributed by atoms with van der Waals surface area (Å²) in [6.45, 7) is 6.04. The van der Waals surface area contributed by atoms with E-state index in [1.807, 2.05) is 7.05 Å². The van der Waals surface area contributed by atoms with Gasteiger partial charge in [-0.1, -0.05) is 43.1 Å². The average molecular weight is 288 g/mol. The molecule has 0 fully saturated rings. The summed E-state index contributed by atoms with van der Waals surface area (Å²) in [4.78, 5) is 14.2. The molecule has 0 heterocycles. The topological polar surface area (TPSA) is 20.3 Å². The molecule has 0 radical (unpaired) electrons. The summed E-state index contributed by atoms with van der Waals surface area (Å²) >= 11 is 11.9. The predicted molar refractivity (Wildman–Crippen MR) is 77.7 cm³/mol. The lowest BCUT2D eigenvalue weighted by atomic mass is 10.1. The molecule has 1 aromatic carbocycles. The maximum atomic E-state index is 12.0. The molecule has 0 unspecified atom stereocenters. The Balaban J connectivity index is 2.58. The highest BCUT2D eigenvalue weighted by molar-refractivity contribution is 6.43. The number of hydrogen-bond acceptors (Lipinski definition) is 2. The normalized spacial score (nSPS) is 11.3. The van der Waals surface area contributed by atoms with Crippen molar-refractivity contribution in [3.8, 4) is 0 Å². The molecule has 0 atom stereocenters. The molecular weight excluding hydrogens is 269 g/mol. The van der Waals surface area contributed by atoms with Gasteiger partial charge in [0.1, 0.15) is 0 Å². The van der Waals surface area contributed by atoms with Gasteiger partial charge in [0.15, 0.2) is 5.78 Å². The van der Waals surface area contributed by atoms with E-state index < -0.39 is 0 Å². The highest BCUT2D eigenvalue weighted by atomic mass is 35.5. The minimum atomic E-state index is 0.0399. The van der Waals surface area contributed by atoms with Crippen LogP contribution >= 0.6 is 23.2 Å². The first-order valence-corrected chi connectivity index (χ1v) is 6.83. The van der Waals surface area contributed by atoms with Gasteiger partial charge in [-0.2, -0.15) is 0 Å². The smallest absolute Gasteiger partial charge is 0.165 e. The van der Waals surface area contributed by atoms with E-state index in [4.69, 9.17) is 23.2 Å². The zero-order valence-corrected chi connectivity index (χ0v) is 12.6. The third kappa shape index (κ3) is 4.60. The maximum absolute atomic E-state index is 12.0. The van der Waals surface area contributed by atoms with E-state index in [9.17, 15) is 4.79 Å². The van der Waals surface area contributed by atoms with Crippen molar-refractivity contribution in [2.24, 2.45) is 5.92 Å². The fourth-order valence-electron chi connectivity index (χ4n) is 1.86. The summed E-state index contributed by atoms with van der Waals surface area (Å²) in [6, 6.07) is 5.16. The van der Waals surface area contributed by atoms with E-state index in [-0.39, 0.29) is 5.78 Å². The maximum Gasteiger partial charge on any atom is 0.165 e. The summed E-state index contributed by atoms with van der Waals surface area (Å²) in [6.07, 6.45) is 0.462. The van der Waals surface area contributed by atoms with Crippen LogP contribution in [0.4, 0.5) is 0 Å². The predicted octanol–water partition coefficient (Wildman–Crippen LogP) is 4.15. The second-order valence-electron chi connectivity index (χ2n) is 4.93. The molecule has 1 rings (SSSR count). The first-order valence-electron chi connectivity index (χ1n) is 6.07. The molecule has 0 bridgehead atoms. The minimum Gasteiger partial charge on any atom is -0.306 e. The molecule has 0 amide bonds. The van der Waals surface area contributed by atoms with Crippen LogP contribution in [-0.4, -0.2) is 30.8 Å². The Morgan fingerprint density at radius 1 is 1.33 bits per heavy atom. The molecule has 100 valence electrons. The number of carbonyl (C=O) groups excluding carboxylic acids is 1. The lowest BCUT2D eigenvalue weighted by molar-refractivity contribution is 0.0967. The van der Waals surface area contributed by atoms with Crippen LogP contribution in [0.15, 0.2) is 18.2 Å². The molecule has 4 heteroatoms. The number of carbonyl (C=O) groups is 1. The van der Waals surface area contributed by atoms with Crippen molar-refractivity contribution in [1.29, 1.82) is 0 Å². The molecule has 2 nitrogen and oxygen atoms in total. The monoisotopic (exact) mass is 287 g/mol. The number of benzene rings is 1. The van der Waals surface area contributed by atoms with Crippen molar-refractivity contribution >= 4 is 29.0 Å². The van der Waals surface area contributed by atoms with Crippen molar-refractivity contribution in [2.45, 2.75) is 20.3 Å². The molecule has 1 aromatic rings. The van der Waals surface area contributed by atoms with Gasteiger partial charge < -0.3 is 4.90 Å². The minimum absolute atomic E-state index is 0.0399. The molecule has 0 aliphatic heterocycles. The fraction of sp³-hybridized carbons (Fsp3) is 0.500. The van der Waals surface area contributed by atoms with E-state index in [0.29, 0.717) is 27.9 Å². The number of rotatable bonds is 6. The third-order valence-electron chi connectivity index (χ3n) is 2.65. The molecule has 0 aromatic heterocycles. The summed E-state index contributed by atoms with van der Waals surface area (Å²) in [5, 5.41) is 0.786. The molecule has 18 heavy (non-hydrogen) atoms. The SMILES string of the molecule is CC(C)CN(C)CCC(=O)c1cccc(Cl)c1Cl. The van der Waals surface area contributed by atoms with Gasteiger partial charge in [0.25, 0.3) is 0 Å². The van der Waals surface area contributed by atoms with Crippen molar-refractivity contribution in [2.75, 3.05) is 20.1 Å². The number of halogens is 2. The van der Waals surface area contributed by atoms with Gasteiger partial charge in [0.05, 0.1) is 10.0 Å². The zero-order valence-electron chi connectivity index (χ0n) is 11.0. The fourth-order valence-corrected chi connectivity index (χ4v) is 2.27. The zero-order chi connectivity index (χ0) is 13.7. The van der Waals surface area contributed by atoms with E-state index in [1.54, 1.807) is 18.2 Å². The Kier molecular flexibility index (Phi) is 6.13. The lowest BCUT2D eigenvalue weighted by Crippen LogP contribution is -2.26. The van der Waals surface area contributed by atoms with Crippen LogP contribution in [-0.2, 0) is 0 Å². The summed E-state index contributed by atoms with van der Waals surface area (Å²) in [5.74, 6) is 0.637. The highest BCUT2D eigenvalue weighted by Crippen LogP contribution is 2.26. The lowest BCUT2D eigenvalue weighted by Gasteiger charge is -2.18. The second-order valence-corrected chi connectivity index (χ2v) is 5.72. The van der Waals surface area contributed by atoms with E-state index in [1.165, 1.54) is 0 Å². The molecule has 0 N–H and O–H groups in total. The molecule has 0 saturated heterocycles. The molecule has 0 aliphatic rings. The number of hydrogen-bond donors (Lipinski definition) is 0. The second kappa shape index (κ2) is 7.13. The summed E-state index contributed by atoms with van der Waals surface area (Å²) < 4.78 is 0. The molecular formula is C14H19Cl2NO. The molecule has 0 spiro atoms. The van der Waals surface area contributed by atoms with Crippen LogP contribution in [0.3, 0.4) is 0 Å². The Morgan fingerprint density at radius 2 is 2.00 bits per heavy atom. The number of nitrogens with zero attached hydrogens (tertiary/aromatic N) is 1. The van der Waals surface area contributed by atoms with Gasteiger partial charge in [-0.3, -0.25) is 4.79 Å². The summed E-state index contributed by atoms with van der Waals surface area (Å²) in [7, 11) is 2.02. The molecule has 0 aliphatic carbocycles. The standard InChI is InChI=1S/C14H19Cl2NO/c1-10(2)9-17(3)8-7-13(18)11-5-4-6-12(15)14(11)16/h4-6,10H,7-9H2,1-3H3. The van der Waals surface area contributed by atoms with Crippen LogP contribution in [0.25, 0.3) is 0 Å². The Labute approximate surface area is 119 Å². The van der Waals surface area contributed by atoms with Crippen molar-refractivity contribution in [3.63, 3.8) is 0 Å². The van der Waals surface area contributed by atoms with Gasteiger partial charge in [0.2, 0.25) is 0 Å². The largest absolute Gasteiger partial charge is 0.306 e. The third-order valence-corrected chi connectivity index (χ3v) is 3.47. The van der Waals surface area contributed by atoms with Crippen LogP contribution in [0.2, 0.25) is 10.0 Å². The van der Waals surface area contributed by atoms with Gasteiger partial charge in [0, 0.05) is 25.1 Å².